The van der Waals surface area contributed by atoms with E-state index in [4.69, 9.17) is 4.74 Å². The quantitative estimate of drug-likeness (QED) is 0.262. The van der Waals surface area contributed by atoms with E-state index in [-0.39, 0.29) is 30.3 Å². The first-order chi connectivity index (χ1) is 19.3. The zero-order chi connectivity index (χ0) is 30.9. The Bertz CT molecular complexity index is 1090. The van der Waals surface area contributed by atoms with Crippen molar-refractivity contribution in [2.75, 3.05) is 0 Å². The molecule has 8 heteroatoms. The third kappa shape index (κ3) is 9.90. The minimum atomic E-state index is -1.09. The number of allylic oxidation sites excluding steroid dienone is 6. The maximum atomic E-state index is 12.9. The summed E-state index contributed by atoms with van der Waals surface area (Å²) < 4.78 is 5.85. The molecular formula is C33H48O8. The molecule has 0 saturated carbocycles. The summed E-state index contributed by atoms with van der Waals surface area (Å²) in [5.74, 6) is -3.05. The molecule has 0 spiro atoms. The highest BCUT2D eigenvalue weighted by molar-refractivity contribution is 6.00. The highest BCUT2D eigenvalue weighted by Gasteiger charge is 2.37. The lowest BCUT2D eigenvalue weighted by Crippen LogP contribution is -2.39. The van der Waals surface area contributed by atoms with Crippen molar-refractivity contribution >= 4 is 17.5 Å². The Kier molecular flexibility index (Phi) is 13.4. The number of Topliss-reactive ketones (excluding diaryl/α,β-unsaturated/α-hetero) is 2. The summed E-state index contributed by atoms with van der Waals surface area (Å²) in [5.41, 5.74) is 1.80. The van der Waals surface area contributed by atoms with Gasteiger partial charge in [0.25, 0.3) is 0 Å². The van der Waals surface area contributed by atoms with Crippen molar-refractivity contribution in [3.8, 4) is 0 Å². The molecule has 8 nitrogen and oxygen atoms in total. The number of rotatable bonds is 6. The molecule has 0 saturated heterocycles. The number of cyclic esters (lactones) is 1. The van der Waals surface area contributed by atoms with Crippen molar-refractivity contribution in [2.24, 2.45) is 23.7 Å². The van der Waals surface area contributed by atoms with Crippen LogP contribution in [-0.4, -0.2) is 62.4 Å². The average molecular weight is 573 g/mol. The second-order valence-electron chi connectivity index (χ2n) is 11.7. The normalized spacial score (nSPS) is 31.4. The van der Waals surface area contributed by atoms with Crippen LogP contribution in [0.4, 0.5) is 0 Å². The van der Waals surface area contributed by atoms with Gasteiger partial charge >= 0.3 is 5.97 Å². The van der Waals surface area contributed by atoms with Gasteiger partial charge in [-0.25, -0.2) is 0 Å². The first-order valence-electron chi connectivity index (χ1n) is 14.7. The molecule has 0 amide bonds. The minimum absolute atomic E-state index is 0.0555. The average Bonchev–Trinajstić information content (AvgIpc) is 3.12. The molecule has 0 aromatic heterocycles. The Morgan fingerprint density at radius 3 is 2.39 bits per heavy atom. The van der Waals surface area contributed by atoms with Crippen LogP contribution >= 0.6 is 0 Å². The number of esters is 1. The number of carbonyl (C=O) groups is 3. The molecule has 0 fully saturated rings. The minimum Gasteiger partial charge on any atom is -0.504 e. The van der Waals surface area contributed by atoms with E-state index < -0.39 is 53.9 Å². The number of hydrogen-bond donors (Lipinski definition) is 4. The molecule has 2 aliphatic rings. The zero-order valence-electron chi connectivity index (χ0n) is 25.2. The van der Waals surface area contributed by atoms with Crippen LogP contribution in [0.2, 0.25) is 0 Å². The van der Waals surface area contributed by atoms with Crippen molar-refractivity contribution in [1.82, 2.24) is 0 Å². The third-order valence-corrected chi connectivity index (χ3v) is 8.23. The van der Waals surface area contributed by atoms with Gasteiger partial charge in [0.2, 0.25) is 5.78 Å². The predicted molar refractivity (Wildman–Crippen MR) is 158 cm³/mol. The summed E-state index contributed by atoms with van der Waals surface area (Å²) in [6.07, 6.45) is 7.95. The maximum Gasteiger partial charge on any atom is 0.309 e. The highest BCUT2D eigenvalue weighted by Crippen LogP contribution is 2.36. The summed E-state index contributed by atoms with van der Waals surface area (Å²) in [7, 11) is 0. The molecular weight excluding hydrogens is 524 g/mol. The summed E-state index contributed by atoms with van der Waals surface area (Å²) in [6, 6.07) is 0. The van der Waals surface area contributed by atoms with Gasteiger partial charge < -0.3 is 25.2 Å². The Hall–Kier alpha value is -2.81. The van der Waals surface area contributed by atoms with E-state index in [1.807, 2.05) is 13.8 Å². The van der Waals surface area contributed by atoms with Gasteiger partial charge in [-0.1, -0.05) is 56.7 Å². The molecule has 41 heavy (non-hydrogen) atoms. The van der Waals surface area contributed by atoms with Gasteiger partial charge in [-0.3, -0.25) is 14.4 Å². The lowest BCUT2D eigenvalue weighted by molar-refractivity contribution is -0.157. The summed E-state index contributed by atoms with van der Waals surface area (Å²) in [5, 5.41) is 42.8. The largest absolute Gasteiger partial charge is 0.504 e. The molecule has 2 rings (SSSR count). The number of hydrogen-bond acceptors (Lipinski definition) is 8. The molecule has 8 atom stereocenters. The van der Waals surface area contributed by atoms with Crippen LogP contribution < -0.4 is 0 Å². The SMILES string of the molecule is CCCC(=O)CC[C@H](C)[C@H]1OC(=O)CC=C(C)[C@H](O)C=C(C)C=C[C@H]2C(C)=C(O)C(=O)[C@@H]2C=C[C@H](O)C[C@H](O)[C@H]1C. The van der Waals surface area contributed by atoms with Crippen LogP contribution in [0.3, 0.4) is 0 Å². The molecule has 1 heterocycles. The van der Waals surface area contributed by atoms with E-state index in [2.05, 4.69) is 0 Å². The van der Waals surface area contributed by atoms with Gasteiger partial charge in [-0.2, -0.15) is 0 Å². The van der Waals surface area contributed by atoms with Crippen LogP contribution in [0.25, 0.3) is 0 Å². The Balaban J connectivity index is 2.40. The van der Waals surface area contributed by atoms with Crippen molar-refractivity contribution in [3.05, 3.63) is 58.9 Å². The van der Waals surface area contributed by atoms with Crippen LogP contribution in [0.15, 0.2) is 58.9 Å². The standard InChI is InChI=1S/C33H48O8/c1-7-8-24(34)12-10-21(4)33-23(6)29(37)18-25(35)13-15-27-26(22(5)31(39)32(27)40)14-9-19(2)17-28(36)20(3)11-16-30(38)41-33/h9,11,13-15,17,21,23,25-29,33,35-37,39H,7-8,10,12,16,18H2,1-6H3/t21-,23+,25-,26-,27+,28+,29-,33+/m0/s1. The van der Waals surface area contributed by atoms with Crippen molar-refractivity contribution in [2.45, 2.75) is 104 Å². The molecule has 0 aromatic rings. The Morgan fingerprint density at radius 1 is 1.05 bits per heavy atom. The van der Waals surface area contributed by atoms with Gasteiger partial charge in [0.05, 0.1) is 30.7 Å². The highest BCUT2D eigenvalue weighted by atomic mass is 16.5. The first kappa shape index (κ1) is 34.4. The van der Waals surface area contributed by atoms with E-state index >= 15 is 0 Å². The molecule has 0 aromatic carbocycles. The van der Waals surface area contributed by atoms with Gasteiger partial charge in [0.1, 0.15) is 11.9 Å². The number of ether oxygens (including phenoxy) is 1. The van der Waals surface area contributed by atoms with E-state index in [1.165, 1.54) is 6.08 Å². The number of fused-ring (bicyclic) bond motifs is 1. The van der Waals surface area contributed by atoms with Gasteiger partial charge in [-0.05, 0) is 56.8 Å². The van der Waals surface area contributed by atoms with Crippen LogP contribution in [0, 0.1) is 23.7 Å². The first-order valence-corrected chi connectivity index (χ1v) is 14.7. The molecule has 0 radical (unpaired) electrons. The van der Waals surface area contributed by atoms with Crippen molar-refractivity contribution < 1.29 is 39.5 Å². The number of aliphatic hydroxyl groups excluding tert-OH is 4. The van der Waals surface area contributed by atoms with Crippen molar-refractivity contribution in [1.29, 1.82) is 0 Å². The topological polar surface area (TPSA) is 141 Å². The number of ketones is 2. The van der Waals surface area contributed by atoms with E-state index in [0.717, 1.165) is 12.0 Å². The number of carbonyl (C=O) groups excluding carboxylic acids is 3. The van der Waals surface area contributed by atoms with E-state index in [1.54, 1.807) is 58.1 Å². The summed E-state index contributed by atoms with van der Waals surface area (Å²) in [4.78, 5) is 37.8. The Labute approximate surface area is 244 Å². The smallest absolute Gasteiger partial charge is 0.309 e. The third-order valence-electron chi connectivity index (χ3n) is 8.23. The van der Waals surface area contributed by atoms with Crippen LogP contribution in [-0.2, 0) is 19.1 Å². The lowest BCUT2D eigenvalue weighted by atomic mass is 9.84. The fraction of sp³-hybridized carbons (Fsp3) is 0.606. The van der Waals surface area contributed by atoms with E-state index in [0.29, 0.717) is 30.4 Å². The van der Waals surface area contributed by atoms with Gasteiger partial charge in [0, 0.05) is 31.1 Å². The second-order valence-corrected chi connectivity index (χ2v) is 11.7. The molecule has 1 aliphatic heterocycles. The summed E-state index contributed by atoms with van der Waals surface area (Å²) in [6.45, 7) is 10.8. The van der Waals surface area contributed by atoms with Crippen LogP contribution in [0.1, 0.15) is 80.1 Å². The predicted octanol–water partition coefficient (Wildman–Crippen LogP) is 4.85. The fourth-order valence-electron chi connectivity index (χ4n) is 5.38. The molecule has 0 bridgehead atoms. The zero-order valence-corrected chi connectivity index (χ0v) is 25.2. The molecule has 4 N–H and O–H groups in total. The lowest BCUT2D eigenvalue weighted by Gasteiger charge is -2.32. The monoisotopic (exact) mass is 572 g/mol. The molecule has 228 valence electrons. The Morgan fingerprint density at radius 2 is 1.73 bits per heavy atom. The second kappa shape index (κ2) is 16.0. The van der Waals surface area contributed by atoms with Gasteiger partial charge in [-0.15, -0.1) is 0 Å². The summed E-state index contributed by atoms with van der Waals surface area (Å²) >= 11 is 0. The van der Waals surface area contributed by atoms with Gasteiger partial charge in [0.15, 0.2) is 5.76 Å². The van der Waals surface area contributed by atoms with E-state index in [9.17, 15) is 34.8 Å². The molecule has 1 aliphatic carbocycles. The fourth-order valence-corrected chi connectivity index (χ4v) is 5.38. The molecule has 0 unspecified atom stereocenters. The maximum absolute atomic E-state index is 12.9. The van der Waals surface area contributed by atoms with Crippen LogP contribution in [0.5, 0.6) is 0 Å². The number of aliphatic hydroxyl groups is 4. The van der Waals surface area contributed by atoms with Crippen molar-refractivity contribution in [3.63, 3.8) is 0 Å².